The van der Waals surface area contributed by atoms with Crippen LogP contribution in [0.15, 0.2) is 18.2 Å². The van der Waals surface area contributed by atoms with Gasteiger partial charge in [0.2, 0.25) is 11.8 Å². The topological polar surface area (TPSA) is 71.1 Å². The summed E-state index contributed by atoms with van der Waals surface area (Å²) in [6, 6.07) is 5.27. The van der Waals surface area contributed by atoms with E-state index in [0.29, 0.717) is 37.1 Å². The summed E-state index contributed by atoms with van der Waals surface area (Å²) in [5, 5.41) is 2.91. The maximum atomic E-state index is 12.8. The number of hydrogen-bond donors (Lipinski definition) is 1. The van der Waals surface area contributed by atoms with Crippen LogP contribution in [-0.4, -0.2) is 68.1 Å². The van der Waals surface area contributed by atoms with Crippen molar-refractivity contribution < 1.29 is 19.1 Å². The van der Waals surface area contributed by atoms with Gasteiger partial charge < -0.3 is 19.7 Å². The number of rotatable bonds is 6. The minimum absolute atomic E-state index is 0.0663. The highest BCUT2D eigenvalue weighted by Gasteiger charge is 2.34. The summed E-state index contributed by atoms with van der Waals surface area (Å²) >= 11 is 0. The Morgan fingerprint density at radius 3 is 2.61 bits per heavy atom. The number of likely N-dealkylation sites (tertiary alicyclic amines) is 1. The lowest BCUT2D eigenvalue weighted by Crippen LogP contribution is -2.56. The normalized spacial score (nSPS) is 21.3. The van der Waals surface area contributed by atoms with Crippen LogP contribution in [0.25, 0.3) is 0 Å². The Balaban J connectivity index is 1.72. The number of methoxy groups -OCH3 is 2. The highest BCUT2D eigenvalue weighted by Crippen LogP contribution is 2.32. The molecule has 0 saturated carbocycles. The van der Waals surface area contributed by atoms with Crippen LogP contribution in [0.1, 0.15) is 31.7 Å². The molecule has 2 amide bonds. The van der Waals surface area contributed by atoms with E-state index in [4.69, 9.17) is 9.47 Å². The van der Waals surface area contributed by atoms with E-state index >= 15 is 0 Å². The fourth-order valence-electron chi connectivity index (χ4n) is 4.02. The van der Waals surface area contributed by atoms with Gasteiger partial charge in [0.25, 0.3) is 0 Å². The van der Waals surface area contributed by atoms with Crippen LogP contribution in [0.5, 0.6) is 11.5 Å². The lowest BCUT2D eigenvalue weighted by Gasteiger charge is -2.37. The van der Waals surface area contributed by atoms with Crippen molar-refractivity contribution >= 4 is 11.8 Å². The van der Waals surface area contributed by atoms with Gasteiger partial charge in [-0.25, -0.2) is 0 Å². The molecular weight excluding hydrogens is 358 g/mol. The molecule has 2 saturated heterocycles. The predicted octanol–water partition coefficient (Wildman–Crippen LogP) is 1.65. The molecule has 1 aromatic rings. The van der Waals surface area contributed by atoms with Gasteiger partial charge in [-0.05, 0) is 24.8 Å². The highest BCUT2D eigenvalue weighted by molar-refractivity contribution is 5.88. The molecule has 1 unspecified atom stereocenters. The fraction of sp³-hybridized carbons (Fsp3) is 0.619. The second-order valence-electron chi connectivity index (χ2n) is 7.70. The fourth-order valence-corrected chi connectivity index (χ4v) is 4.02. The third kappa shape index (κ3) is 4.58. The van der Waals surface area contributed by atoms with Gasteiger partial charge in [-0.2, -0.15) is 0 Å². The molecule has 1 aromatic carbocycles. The molecule has 2 aliphatic heterocycles. The summed E-state index contributed by atoms with van der Waals surface area (Å²) in [5.41, 5.74) is 0.945. The van der Waals surface area contributed by atoms with Crippen LogP contribution in [0.3, 0.4) is 0 Å². The van der Waals surface area contributed by atoms with Crippen molar-refractivity contribution in [3.8, 4) is 11.5 Å². The van der Waals surface area contributed by atoms with Crippen LogP contribution in [0, 0.1) is 5.92 Å². The largest absolute Gasteiger partial charge is 0.493 e. The molecule has 2 aliphatic rings. The predicted molar refractivity (Wildman–Crippen MR) is 106 cm³/mol. The Hall–Kier alpha value is -2.28. The van der Waals surface area contributed by atoms with Gasteiger partial charge in [0.05, 0.1) is 26.7 Å². The van der Waals surface area contributed by atoms with Gasteiger partial charge in [-0.3, -0.25) is 14.5 Å². The molecule has 154 valence electrons. The number of nitrogens with one attached hydrogen (secondary N) is 1. The zero-order valence-corrected chi connectivity index (χ0v) is 17.1. The van der Waals surface area contributed by atoms with Gasteiger partial charge in [0, 0.05) is 38.3 Å². The summed E-state index contributed by atoms with van der Waals surface area (Å²) in [5.74, 6) is 1.99. The molecular formula is C21H31N3O4. The highest BCUT2D eigenvalue weighted by atomic mass is 16.5. The molecule has 0 aliphatic carbocycles. The van der Waals surface area contributed by atoms with Gasteiger partial charge >= 0.3 is 0 Å². The summed E-state index contributed by atoms with van der Waals surface area (Å²) in [4.78, 5) is 29.4. The number of carbonyl (C=O) groups is 2. The van der Waals surface area contributed by atoms with E-state index in [0.717, 1.165) is 31.5 Å². The molecule has 7 heteroatoms. The lowest BCUT2D eigenvalue weighted by atomic mass is 9.98. The molecule has 2 fully saturated rings. The quantitative estimate of drug-likeness (QED) is 0.801. The van der Waals surface area contributed by atoms with Crippen LogP contribution in [-0.2, 0) is 16.1 Å². The second-order valence-corrected chi connectivity index (χ2v) is 7.70. The Morgan fingerprint density at radius 2 is 1.93 bits per heavy atom. The minimum Gasteiger partial charge on any atom is -0.493 e. The number of carbonyl (C=O) groups excluding carboxylic acids is 2. The maximum absolute atomic E-state index is 12.8. The Kier molecular flexibility index (Phi) is 6.78. The molecule has 0 aromatic heterocycles. The first kappa shape index (κ1) is 20.5. The molecule has 0 radical (unpaired) electrons. The SMILES string of the molecule is COc1cccc(CN2CCNC(=O)C2CC(=O)N2CCC(C)CC2)c1OC. The van der Waals surface area contributed by atoms with Crippen molar-refractivity contribution in [2.75, 3.05) is 40.4 Å². The maximum Gasteiger partial charge on any atom is 0.237 e. The third-order valence-electron chi connectivity index (χ3n) is 5.80. The number of piperazine rings is 1. The van der Waals surface area contributed by atoms with Gasteiger partial charge in [0.15, 0.2) is 11.5 Å². The Labute approximate surface area is 167 Å². The van der Waals surface area contributed by atoms with Gasteiger partial charge in [-0.1, -0.05) is 19.1 Å². The van der Waals surface area contributed by atoms with Crippen LogP contribution < -0.4 is 14.8 Å². The number of hydrogen-bond acceptors (Lipinski definition) is 5. The van der Waals surface area contributed by atoms with E-state index in [1.807, 2.05) is 23.1 Å². The number of nitrogens with zero attached hydrogens (tertiary/aromatic N) is 2. The smallest absolute Gasteiger partial charge is 0.237 e. The van der Waals surface area contributed by atoms with Crippen molar-refractivity contribution in [2.45, 2.75) is 38.8 Å². The van der Waals surface area contributed by atoms with Crippen LogP contribution in [0.4, 0.5) is 0 Å². The van der Waals surface area contributed by atoms with E-state index in [-0.39, 0.29) is 18.2 Å². The van der Waals surface area contributed by atoms with Gasteiger partial charge in [-0.15, -0.1) is 0 Å². The number of ether oxygens (including phenoxy) is 2. The first-order valence-corrected chi connectivity index (χ1v) is 10.0. The summed E-state index contributed by atoms with van der Waals surface area (Å²) < 4.78 is 10.9. The van der Waals surface area contributed by atoms with Crippen LogP contribution >= 0.6 is 0 Å². The lowest BCUT2D eigenvalue weighted by molar-refractivity contribution is -0.140. The first-order chi connectivity index (χ1) is 13.5. The summed E-state index contributed by atoms with van der Waals surface area (Å²) in [6.45, 7) is 5.61. The van der Waals surface area contributed by atoms with E-state index < -0.39 is 6.04 Å². The Bertz CT molecular complexity index is 701. The molecule has 28 heavy (non-hydrogen) atoms. The van der Waals surface area contributed by atoms with Crippen molar-refractivity contribution in [2.24, 2.45) is 5.92 Å². The van der Waals surface area contributed by atoms with Crippen molar-refractivity contribution in [1.29, 1.82) is 0 Å². The molecule has 2 heterocycles. The summed E-state index contributed by atoms with van der Waals surface area (Å²) in [6.07, 6.45) is 2.28. The van der Waals surface area contributed by atoms with E-state index in [2.05, 4.69) is 17.1 Å². The molecule has 0 bridgehead atoms. The Morgan fingerprint density at radius 1 is 1.18 bits per heavy atom. The molecule has 7 nitrogen and oxygen atoms in total. The number of para-hydroxylation sites is 1. The zero-order chi connectivity index (χ0) is 20.1. The van der Waals surface area contributed by atoms with E-state index in [9.17, 15) is 9.59 Å². The first-order valence-electron chi connectivity index (χ1n) is 10.0. The standard InChI is InChI=1S/C21H31N3O4/c1-15-7-10-23(11-8-15)19(25)13-17-21(26)22-9-12-24(17)14-16-5-4-6-18(27-2)20(16)28-3/h4-6,15,17H,7-14H2,1-3H3,(H,22,26). The van der Waals surface area contributed by atoms with Crippen molar-refractivity contribution in [3.05, 3.63) is 23.8 Å². The zero-order valence-electron chi connectivity index (χ0n) is 17.1. The second kappa shape index (κ2) is 9.28. The van der Waals surface area contributed by atoms with Crippen molar-refractivity contribution in [1.82, 2.24) is 15.1 Å². The monoisotopic (exact) mass is 389 g/mol. The molecule has 1 atom stereocenters. The minimum atomic E-state index is -0.462. The number of piperidine rings is 1. The number of amides is 2. The van der Waals surface area contributed by atoms with Crippen molar-refractivity contribution in [3.63, 3.8) is 0 Å². The summed E-state index contributed by atoms with van der Waals surface area (Å²) in [7, 11) is 3.22. The molecule has 1 N–H and O–H groups in total. The number of benzene rings is 1. The van der Waals surface area contributed by atoms with E-state index in [1.54, 1.807) is 14.2 Å². The van der Waals surface area contributed by atoms with Crippen LogP contribution in [0.2, 0.25) is 0 Å². The third-order valence-corrected chi connectivity index (χ3v) is 5.80. The average Bonchev–Trinajstić information content (AvgIpc) is 2.70. The molecule has 0 spiro atoms. The van der Waals surface area contributed by atoms with Gasteiger partial charge in [0.1, 0.15) is 0 Å². The average molecular weight is 389 g/mol. The van der Waals surface area contributed by atoms with E-state index in [1.165, 1.54) is 0 Å². The molecule has 3 rings (SSSR count).